The average molecular weight is 64.0 g/mol. The summed E-state index contributed by atoms with van der Waals surface area (Å²) in [4.78, 5) is 0. The van der Waals surface area contributed by atoms with Gasteiger partial charge in [0, 0.05) is 0 Å². The molecule has 0 radical (unpaired) electrons. The molecule has 0 unspecified atom stereocenters. The Kier molecular flexibility index (Phi) is 15.9. The first kappa shape index (κ1) is 8.93. The van der Waals surface area contributed by atoms with Gasteiger partial charge in [-0.3, -0.25) is 0 Å². The Morgan fingerprint density at radius 2 is 2.00 bits per heavy atom. The molecule has 5 heavy (non-hydrogen) atoms. The summed E-state index contributed by atoms with van der Waals surface area (Å²) < 4.78 is 0. The molecule has 0 fully saturated rings. The van der Waals surface area contributed by atoms with Crippen LogP contribution >= 0.6 is 0 Å². The van der Waals surface area contributed by atoms with Crippen molar-refractivity contribution >= 4 is 18.9 Å². The summed E-state index contributed by atoms with van der Waals surface area (Å²) in [5, 5.41) is 7.64. The maximum atomic E-state index is 7.64. The Balaban J connectivity index is 0. The molecule has 0 spiro atoms. The fraction of sp³-hybridized carbons (Fsp3) is 0.333. The molecule has 0 amide bonds. The second-order valence-corrected chi connectivity index (χ2v) is 0.362. The number of aliphatic hydroxyl groups excluding tert-OH is 1. The zero-order chi connectivity index (χ0) is 3.41. The molecule has 0 bridgehead atoms. The molecule has 0 aromatic heterocycles. The van der Waals surface area contributed by atoms with Crippen LogP contribution in [0.5, 0.6) is 0 Å². The van der Waals surface area contributed by atoms with E-state index in [1.54, 1.807) is 0 Å². The minimum atomic E-state index is -0.153. The molecule has 0 atom stereocenters. The van der Waals surface area contributed by atoms with Gasteiger partial charge in [0.05, 0.1) is 0 Å². The predicted molar refractivity (Wildman–Crippen MR) is 23.1 cm³/mol. The van der Waals surface area contributed by atoms with Crippen LogP contribution < -0.4 is 0 Å². The van der Waals surface area contributed by atoms with Crippen molar-refractivity contribution in [3.05, 3.63) is 0 Å². The topological polar surface area (TPSA) is 20.2 Å². The summed E-state index contributed by atoms with van der Waals surface area (Å²) in [7, 11) is 0. The first-order chi connectivity index (χ1) is 1.91. The van der Waals surface area contributed by atoms with Gasteiger partial charge >= 0.3 is 18.9 Å². The Morgan fingerprint density at radius 3 is 2.00 bits per heavy atom. The van der Waals surface area contributed by atoms with E-state index in [4.69, 9.17) is 5.11 Å². The maximum absolute atomic E-state index is 7.64. The van der Waals surface area contributed by atoms with Gasteiger partial charge in [0.25, 0.3) is 0 Å². The van der Waals surface area contributed by atoms with Crippen molar-refractivity contribution in [2.75, 3.05) is 6.61 Å². The van der Waals surface area contributed by atoms with E-state index in [0.29, 0.717) is 0 Å². The summed E-state index contributed by atoms with van der Waals surface area (Å²) in [6.45, 7) is -0.153. The minimum absolute atomic E-state index is 0. The third-order valence-corrected chi connectivity index (χ3v) is 0.0913. The van der Waals surface area contributed by atoms with E-state index in [1.165, 1.54) is 0 Å². The number of terminal acetylenes is 1. The van der Waals surface area contributed by atoms with E-state index in [2.05, 4.69) is 6.42 Å². The van der Waals surface area contributed by atoms with Crippen LogP contribution in [0.25, 0.3) is 0 Å². The SMILES string of the molecule is C#CCO.[LiH]. The van der Waals surface area contributed by atoms with Crippen LogP contribution in [0.2, 0.25) is 0 Å². The molecular weight excluding hydrogens is 59.0 g/mol. The van der Waals surface area contributed by atoms with Crippen molar-refractivity contribution in [1.82, 2.24) is 0 Å². The monoisotopic (exact) mass is 64.1 g/mol. The molecule has 0 aliphatic heterocycles. The fourth-order valence-corrected chi connectivity index (χ4v) is 0. The molecule has 24 valence electrons. The first-order valence-corrected chi connectivity index (χ1v) is 0.958. The average Bonchev–Trinajstić information content (AvgIpc) is 1.37. The second-order valence-electron chi connectivity index (χ2n) is 0.362. The van der Waals surface area contributed by atoms with Crippen molar-refractivity contribution in [2.45, 2.75) is 0 Å². The van der Waals surface area contributed by atoms with E-state index in [9.17, 15) is 0 Å². The molecule has 0 heterocycles. The Bertz CT molecular complexity index is 36.6. The van der Waals surface area contributed by atoms with E-state index in [0.717, 1.165) is 0 Å². The summed E-state index contributed by atoms with van der Waals surface area (Å²) >= 11 is 0. The van der Waals surface area contributed by atoms with Gasteiger partial charge in [0.1, 0.15) is 6.61 Å². The number of aliphatic hydroxyl groups is 1. The molecule has 0 rings (SSSR count). The van der Waals surface area contributed by atoms with Crippen molar-refractivity contribution < 1.29 is 5.11 Å². The molecule has 0 aromatic carbocycles. The predicted octanol–water partition coefficient (Wildman–Crippen LogP) is -1.04. The van der Waals surface area contributed by atoms with Gasteiger partial charge in [0.15, 0.2) is 0 Å². The fourth-order valence-electron chi connectivity index (χ4n) is 0. The molecule has 2 heteroatoms. The van der Waals surface area contributed by atoms with Gasteiger partial charge in [-0.15, -0.1) is 6.42 Å². The first-order valence-electron chi connectivity index (χ1n) is 0.958. The molecule has 0 aliphatic carbocycles. The zero-order valence-electron chi connectivity index (χ0n) is 2.23. The Hall–Kier alpha value is 0.117. The van der Waals surface area contributed by atoms with Gasteiger partial charge in [-0.1, -0.05) is 5.92 Å². The Morgan fingerprint density at radius 1 is 1.80 bits per heavy atom. The van der Waals surface area contributed by atoms with Crippen LogP contribution in [0.4, 0.5) is 0 Å². The van der Waals surface area contributed by atoms with E-state index >= 15 is 0 Å². The van der Waals surface area contributed by atoms with E-state index in [1.807, 2.05) is 5.92 Å². The van der Waals surface area contributed by atoms with Crippen LogP contribution in [-0.2, 0) is 0 Å². The van der Waals surface area contributed by atoms with Gasteiger partial charge in [-0.2, -0.15) is 0 Å². The van der Waals surface area contributed by atoms with E-state index in [-0.39, 0.29) is 25.5 Å². The summed E-state index contributed by atoms with van der Waals surface area (Å²) in [6.07, 6.45) is 4.53. The third-order valence-electron chi connectivity index (χ3n) is 0.0913. The number of rotatable bonds is 0. The van der Waals surface area contributed by atoms with Crippen molar-refractivity contribution in [2.24, 2.45) is 0 Å². The quantitative estimate of drug-likeness (QED) is 0.282. The van der Waals surface area contributed by atoms with Crippen LogP contribution in [0.3, 0.4) is 0 Å². The van der Waals surface area contributed by atoms with E-state index < -0.39 is 0 Å². The Labute approximate surface area is 43.6 Å². The van der Waals surface area contributed by atoms with Crippen LogP contribution in [0.15, 0.2) is 0 Å². The van der Waals surface area contributed by atoms with Crippen LogP contribution in [0.1, 0.15) is 0 Å². The molecule has 0 saturated carbocycles. The van der Waals surface area contributed by atoms with Gasteiger partial charge in [0.2, 0.25) is 0 Å². The van der Waals surface area contributed by atoms with Crippen LogP contribution in [-0.4, -0.2) is 30.6 Å². The molecule has 1 nitrogen and oxygen atoms in total. The molecule has 0 saturated heterocycles. The molecule has 1 N–H and O–H groups in total. The molecule has 0 aliphatic rings. The number of hydrogen-bond donors (Lipinski definition) is 1. The number of hydrogen-bond acceptors (Lipinski definition) is 1. The van der Waals surface area contributed by atoms with Crippen molar-refractivity contribution in [3.63, 3.8) is 0 Å². The standard InChI is InChI=1S/C3H4O.Li.H/c1-2-3-4;;/h1,4H,3H2;;. The van der Waals surface area contributed by atoms with Crippen LogP contribution in [0, 0.1) is 12.3 Å². The molecule has 0 aromatic rings. The normalized spacial score (nSPS) is 4.00. The van der Waals surface area contributed by atoms with Gasteiger partial charge < -0.3 is 5.11 Å². The zero-order valence-corrected chi connectivity index (χ0v) is 2.23. The van der Waals surface area contributed by atoms with Gasteiger partial charge in [-0.25, -0.2) is 0 Å². The summed E-state index contributed by atoms with van der Waals surface area (Å²) in [6, 6.07) is 0. The summed E-state index contributed by atoms with van der Waals surface area (Å²) in [5.41, 5.74) is 0. The van der Waals surface area contributed by atoms with Crippen molar-refractivity contribution in [3.8, 4) is 12.3 Å². The third kappa shape index (κ3) is 14.8. The van der Waals surface area contributed by atoms with Crippen molar-refractivity contribution in [1.29, 1.82) is 0 Å². The van der Waals surface area contributed by atoms with Gasteiger partial charge in [-0.05, 0) is 0 Å². The second kappa shape index (κ2) is 8.92. The summed E-state index contributed by atoms with van der Waals surface area (Å²) in [5.74, 6) is 1.99. The molecular formula is C3H5LiO.